The van der Waals surface area contributed by atoms with Crippen LogP contribution in [-0.4, -0.2) is 19.3 Å². The summed E-state index contributed by atoms with van der Waals surface area (Å²) in [5.41, 5.74) is 3.13. The van der Waals surface area contributed by atoms with Gasteiger partial charge in [0.25, 0.3) is 5.79 Å². The Hall–Kier alpha value is -2.98. The lowest BCUT2D eigenvalue weighted by Gasteiger charge is -2.36. The van der Waals surface area contributed by atoms with Crippen LogP contribution in [-0.2, 0) is 5.79 Å². The van der Waals surface area contributed by atoms with Gasteiger partial charge in [0.15, 0.2) is 0 Å². The van der Waals surface area contributed by atoms with Crippen molar-refractivity contribution >= 4 is 0 Å². The predicted octanol–water partition coefficient (Wildman–Crippen LogP) is 3.96. The fourth-order valence-corrected chi connectivity index (χ4v) is 3.19. The van der Waals surface area contributed by atoms with Gasteiger partial charge in [0.2, 0.25) is 0 Å². The van der Waals surface area contributed by atoms with Crippen LogP contribution in [0.4, 0.5) is 0 Å². The molecule has 4 nitrogen and oxygen atoms in total. The second-order valence-electron chi connectivity index (χ2n) is 5.88. The van der Waals surface area contributed by atoms with E-state index in [1.54, 1.807) is 38.5 Å². The Balaban J connectivity index is 1.93. The summed E-state index contributed by atoms with van der Waals surface area (Å²) in [6.45, 7) is 0. The van der Waals surface area contributed by atoms with Crippen LogP contribution in [0.15, 0.2) is 66.7 Å². The quantitative estimate of drug-likeness (QED) is 0.788. The number of para-hydroxylation sites is 1. The molecular formula is C21H18O4. The first-order valence-electron chi connectivity index (χ1n) is 7.99. The van der Waals surface area contributed by atoms with Crippen LogP contribution in [0.25, 0.3) is 11.1 Å². The fourth-order valence-electron chi connectivity index (χ4n) is 3.19. The van der Waals surface area contributed by atoms with Crippen molar-refractivity contribution in [2.75, 3.05) is 14.2 Å². The van der Waals surface area contributed by atoms with E-state index in [9.17, 15) is 5.11 Å². The first-order chi connectivity index (χ1) is 12.2. The van der Waals surface area contributed by atoms with Crippen molar-refractivity contribution in [1.82, 2.24) is 0 Å². The van der Waals surface area contributed by atoms with E-state index in [0.29, 0.717) is 16.9 Å². The van der Waals surface area contributed by atoms with Gasteiger partial charge in [0.1, 0.15) is 17.2 Å². The average Bonchev–Trinajstić information content (AvgIpc) is 2.68. The molecule has 126 valence electrons. The molecule has 0 saturated heterocycles. The van der Waals surface area contributed by atoms with Crippen LogP contribution in [0.1, 0.15) is 11.1 Å². The third-order valence-corrected chi connectivity index (χ3v) is 4.51. The van der Waals surface area contributed by atoms with E-state index in [0.717, 1.165) is 22.6 Å². The van der Waals surface area contributed by atoms with Crippen molar-refractivity contribution in [3.05, 3.63) is 77.9 Å². The molecule has 3 aromatic rings. The Bertz CT molecular complexity index is 917. The summed E-state index contributed by atoms with van der Waals surface area (Å²) >= 11 is 0. The zero-order valence-electron chi connectivity index (χ0n) is 14.0. The van der Waals surface area contributed by atoms with Crippen molar-refractivity contribution in [2.45, 2.75) is 5.79 Å². The summed E-state index contributed by atoms with van der Waals surface area (Å²) in [6.07, 6.45) is 0. The molecule has 0 bridgehead atoms. The lowest BCUT2D eigenvalue weighted by atomic mass is 9.87. The van der Waals surface area contributed by atoms with E-state index in [-0.39, 0.29) is 0 Å². The fraction of sp³-hybridized carbons (Fsp3) is 0.143. The summed E-state index contributed by atoms with van der Waals surface area (Å²) in [4.78, 5) is 0. The monoisotopic (exact) mass is 334 g/mol. The smallest absolute Gasteiger partial charge is 0.262 e. The Morgan fingerprint density at radius 1 is 0.800 bits per heavy atom. The van der Waals surface area contributed by atoms with E-state index in [1.807, 2.05) is 42.5 Å². The number of hydrogen-bond acceptors (Lipinski definition) is 4. The van der Waals surface area contributed by atoms with Crippen LogP contribution in [0.2, 0.25) is 0 Å². The normalized spacial score (nSPS) is 17.9. The van der Waals surface area contributed by atoms with Gasteiger partial charge in [-0.25, -0.2) is 0 Å². The van der Waals surface area contributed by atoms with Gasteiger partial charge in [-0.05, 0) is 54.1 Å². The Morgan fingerprint density at radius 3 is 2.20 bits per heavy atom. The van der Waals surface area contributed by atoms with Gasteiger partial charge in [-0.15, -0.1) is 0 Å². The first-order valence-corrected chi connectivity index (χ1v) is 7.99. The van der Waals surface area contributed by atoms with E-state index in [1.165, 1.54) is 0 Å². The summed E-state index contributed by atoms with van der Waals surface area (Å²) in [7, 11) is 3.24. The second-order valence-corrected chi connectivity index (χ2v) is 5.88. The largest absolute Gasteiger partial charge is 0.497 e. The highest BCUT2D eigenvalue weighted by atomic mass is 16.6. The molecule has 0 aliphatic carbocycles. The minimum Gasteiger partial charge on any atom is -0.497 e. The number of fused-ring (bicyclic) bond motifs is 3. The maximum absolute atomic E-state index is 11.5. The molecule has 1 N–H and O–H groups in total. The number of benzene rings is 3. The highest BCUT2D eigenvalue weighted by Gasteiger charge is 2.41. The van der Waals surface area contributed by atoms with Crippen LogP contribution >= 0.6 is 0 Å². The van der Waals surface area contributed by atoms with Crippen molar-refractivity contribution in [3.63, 3.8) is 0 Å². The molecule has 4 rings (SSSR count). The number of ether oxygens (including phenoxy) is 3. The molecular weight excluding hydrogens is 316 g/mol. The molecule has 0 radical (unpaired) electrons. The first kappa shape index (κ1) is 15.5. The molecule has 1 unspecified atom stereocenters. The topological polar surface area (TPSA) is 47.9 Å². The third-order valence-electron chi connectivity index (χ3n) is 4.51. The SMILES string of the molecule is COc1ccc(C2(O)Oc3ccccc3-c3cc(OC)ccc32)cc1. The van der Waals surface area contributed by atoms with Gasteiger partial charge in [-0.2, -0.15) is 0 Å². The molecule has 0 fully saturated rings. The molecule has 0 amide bonds. The molecule has 0 saturated carbocycles. The maximum atomic E-state index is 11.5. The van der Waals surface area contributed by atoms with E-state index in [2.05, 4.69) is 0 Å². The van der Waals surface area contributed by atoms with Crippen LogP contribution < -0.4 is 14.2 Å². The van der Waals surface area contributed by atoms with Crippen molar-refractivity contribution in [1.29, 1.82) is 0 Å². The van der Waals surface area contributed by atoms with Gasteiger partial charge in [0, 0.05) is 16.7 Å². The molecule has 1 aliphatic rings. The summed E-state index contributed by atoms with van der Waals surface area (Å²) in [6, 6.07) is 20.5. The molecule has 0 spiro atoms. The average molecular weight is 334 g/mol. The van der Waals surface area contributed by atoms with Gasteiger partial charge >= 0.3 is 0 Å². The van der Waals surface area contributed by atoms with Gasteiger partial charge in [0.05, 0.1) is 14.2 Å². The number of aliphatic hydroxyl groups is 1. The molecule has 3 aromatic carbocycles. The van der Waals surface area contributed by atoms with Gasteiger partial charge in [-0.1, -0.05) is 18.2 Å². The highest BCUT2D eigenvalue weighted by Crippen LogP contribution is 2.47. The van der Waals surface area contributed by atoms with Crippen LogP contribution in [0, 0.1) is 0 Å². The van der Waals surface area contributed by atoms with Crippen LogP contribution in [0.5, 0.6) is 17.2 Å². The van der Waals surface area contributed by atoms with Gasteiger partial charge < -0.3 is 19.3 Å². The number of hydrogen-bond donors (Lipinski definition) is 1. The molecule has 1 atom stereocenters. The van der Waals surface area contributed by atoms with E-state index >= 15 is 0 Å². The van der Waals surface area contributed by atoms with Crippen molar-refractivity contribution < 1.29 is 19.3 Å². The van der Waals surface area contributed by atoms with E-state index < -0.39 is 5.79 Å². The Kier molecular flexibility index (Phi) is 3.62. The Labute approximate surface area is 146 Å². The standard InChI is InChI=1S/C21H18O4/c1-23-15-9-7-14(8-10-15)21(22)19-12-11-16(24-2)13-18(19)17-5-3-4-6-20(17)25-21/h3-13,22H,1-2H3. The molecule has 0 aromatic heterocycles. The molecule has 25 heavy (non-hydrogen) atoms. The minimum atomic E-state index is -1.58. The lowest BCUT2D eigenvalue weighted by molar-refractivity contribution is -0.110. The molecule has 1 aliphatic heterocycles. The van der Waals surface area contributed by atoms with Crippen LogP contribution in [0.3, 0.4) is 0 Å². The second kappa shape index (κ2) is 5.83. The van der Waals surface area contributed by atoms with E-state index in [4.69, 9.17) is 14.2 Å². The highest BCUT2D eigenvalue weighted by molar-refractivity contribution is 5.78. The van der Waals surface area contributed by atoms with Crippen molar-refractivity contribution in [3.8, 4) is 28.4 Å². The molecule has 4 heteroatoms. The number of methoxy groups -OCH3 is 2. The summed E-state index contributed by atoms with van der Waals surface area (Å²) in [5.74, 6) is 0.495. The zero-order chi connectivity index (χ0) is 17.4. The molecule has 1 heterocycles. The minimum absolute atomic E-state index is 0.626. The third kappa shape index (κ3) is 2.42. The van der Waals surface area contributed by atoms with Gasteiger partial charge in [-0.3, -0.25) is 0 Å². The summed E-state index contributed by atoms with van der Waals surface area (Å²) < 4.78 is 16.6. The predicted molar refractivity (Wildman–Crippen MR) is 95.1 cm³/mol. The van der Waals surface area contributed by atoms with Crippen molar-refractivity contribution in [2.24, 2.45) is 0 Å². The summed E-state index contributed by atoms with van der Waals surface area (Å²) in [5, 5.41) is 11.5. The number of rotatable bonds is 3. The maximum Gasteiger partial charge on any atom is 0.262 e. The zero-order valence-corrected chi connectivity index (χ0v) is 14.0. The Morgan fingerprint density at radius 2 is 1.48 bits per heavy atom. The lowest BCUT2D eigenvalue weighted by Crippen LogP contribution is -2.37.